The van der Waals surface area contributed by atoms with Crippen LogP contribution in [-0.2, 0) is 0 Å². The lowest BCUT2D eigenvalue weighted by Crippen LogP contribution is -2.28. The lowest BCUT2D eigenvalue weighted by Gasteiger charge is -2.18. The van der Waals surface area contributed by atoms with Gasteiger partial charge in [0, 0.05) is 18.9 Å². The van der Waals surface area contributed by atoms with E-state index in [2.05, 4.69) is 15.3 Å². The predicted molar refractivity (Wildman–Crippen MR) is 98.9 cm³/mol. The minimum Gasteiger partial charge on any atom is -0.344 e. The topological polar surface area (TPSA) is 58.1 Å². The van der Waals surface area contributed by atoms with E-state index >= 15 is 0 Å². The summed E-state index contributed by atoms with van der Waals surface area (Å²) in [6, 6.07) is 21.1. The molecule has 2 aromatic carbocycles. The first-order valence-corrected chi connectivity index (χ1v) is 8.13. The fourth-order valence-corrected chi connectivity index (χ4v) is 2.50. The highest BCUT2D eigenvalue weighted by Gasteiger charge is 2.15. The molecule has 25 heavy (non-hydrogen) atoms. The van der Waals surface area contributed by atoms with Gasteiger partial charge in [0.15, 0.2) is 0 Å². The van der Waals surface area contributed by atoms with Gasteiger partial charge in [0.2, 0.25) is 5.95 Å². The van der Waals surface area contributed by atoms with Gasteiger partial charge < -0.3 is 10.2 Å². The van der Waals surface area contributed by atoms with E-state index in [1.807, 2.05) is 79.5 Å². The molecule has 0 saturated carbocycles. The Morgan fingerprint density at radius 3 is 2.32 bits per heavy atom. The van der Waals surface area contributed by atoms with Crippen LogP contribution in [0.25, 0.3) is 0 Å². The van der Waals surface area contributed by atoms with Gasteiger partial charge in [-0.3, -0.25) is 4.79 Å². The number of nitrogens with zero attached hydrogens (tertiary/aromatic N) is 3. The van der Waals surface area contributed by atoms with Crippen LogP contribution in [0, 0.1) is 0 Å². The zero-order valence-electron chi connectivity index (χ0n) is 14.3. The molecule has 1 heterocycles. The van der Waals surface area contributed by atoms with Crippen molar-refractivity contribution in [2.24, 2.45) is 0 Å². The fourth-order valence-electron chi connectivity index (χ4n) is 2.50. The Balaban J connectivity index is 1.76. The van der Waals surface area contributed by atoms with Crippen molar-refractivity contribution < 1.29 is 4.79 Å². The number of aromatic nitrogens is 2. The Labute approximate surface area is 147 Å². The molecule has 0 aliphatic rings. The maximum atomic E-state index is 12.5. The van der Waals surface area contributed by atoms with Crippen LogP contribution in [-0.4, -0.2) is 22.9 Å². The molecule has 1 atom stereocenters. The van der Waals surface area contributed by atoms with Gasteiger partial charge >= 0.3 is 0 Å². The van der Waals surface area contributed by atoms with Crippen molar-refractivity contribution >= 4 is 17.5 Å². The second-order valence-corrected chi connectivity index (χ2v) is 5.74. The summed E-state index contributed by atoms with van der Waals surface area (Å²) in [5.41, 5.74) is 2.35. The number of hydrogen-bond donors (Lipinski definition) is 1. The van der Waals surface area contributed by atoms with E-state index in [0.29, 0.717) is 11.6 Å². The maximum absolute atomic E-state index is 12.5. The number of nitrogens with one attached hydrogen (secondary N) is 1. The first kappa shape index (κ1) is 16.6. The lowest BCUT2D eigenvalue weighted by molar-refractivity contribution is 0.0934. The molecular weight excluding hydrogens is 312 g/mol. The Bertz CT molecular complexity index is 837. The highest BCUT2D eigenvalue weighted by molar-refractivity contribution is 5.92. The van der Waals surface area contributed by atoms with Crippen molar-refractivity contribution in [3.63, 3.8) is 0 Å². The molecule has 0 aliphatic heterocycles. The smallest absolute Gasteiger partial charge is 0.270 e. The second kappa shape index (κ2) is 7.57. The average Bonchev–Trinajstić information content (AvgIpc) is 2.68. The van der Waals surface area contributed by atoms with Gasteiger partial charge in [-0.05, 0) is 30.7 Å². The van der Waals surface area contributed by atoms with E-state index in [1.54, 1.807) is 12.3 Å². The molecule has 0 spiro atoms. The molecule has 1 aromatic heterocycles. The van der Waals surface area contributed by atoms with E-state index in [0.717, 1.165) is 11.3 Å². The molecule has 1 amide bonds. The SMILES string of the molecule is CC(NC(=O)c1ccnc(N(C)c2ccccc2)n1)c1ccccc1. The van der Waals surface area contributed by atoms with Gasteiger partial charge in [0.25, 0.3) is 5.91 Å². The van der Waals surface area contributed by atoms with Crippen LogP contribution >= 0.6 is 0 Å². The van der Waals surface area contributed by atoms with Crippen molar-refractivity contribution in [3.8, 4) is 0 Å². The summed E-state index contributed by atoms with van der Waals surface area (Å²) in [5.74, 6) is 0.257. The quantitative estimate of drug-likeness (QED) is 0.773. The summed E-state index contributed by atoms with van der Waals surface area (Å²) in [6.45, 7) is 1.95. The van der Waals surface area contributed by atoms with Gasteiger partial charge in [-0.1, -0.05) is 48.5 Å². The van der Waals surface area contributed by atoms with Crippen molar-refractivity contribution in [3.05, 3.63) is 84.2 Å². The molecule has 0 fully saturated rings. The third kappa shape index (κ3) is 4.01. The normalized spacial score (nSPS) is 11.6. The molecule has 5 nitrogen and oxygen atoms in total. The zero-order chi connectivity index (χ0) is 17.6. The Morgan fingerprint density at radius 1 is 1.00 bits per heavy atom. The highest BCUT2D eigenvalue weighted by Crippen LogP contribution is 2.19. The molecule has 5 heteroatoms. The minimum atomic E-state index is -0.221. The van der Waals surface area contributed by atoms with Gasteiger partial charge in [-0.2, -0.15) is 0 Å². The van der Waals surface area contributed by atoms with E-state index in [4.69, 9.17) is 0 Å². The van der Waals surface area contributed by atoms with E-state index in [9.17, 15) is 4.79 Å². The molecule has 1 unspecified atom stereocenters. The molecule has 0 radical (unpaired) electrons. The summed E-state index contributed by atoms with van der Waals surface area (Å²) >= 11 is 0. The van der Waals surface area contributed by atoms with Gasteiger partial charge in [0.1, 0.15) is 5.69 Å². The third-order valence-electron chi connectivity index (χ3n) is 3.97. The van der Waals surface area contributed by atoms with Crippen LogP contribution in [0.4, 0.5) is 11.6 Å². The fraction of sp³-hybridized carbons (Fsp3) is 0.150. The Morgan fingerprint density at radius 2 is 1.64 bits per heavy atom. The number of carbonyl (C=O) groups excluding carboxylic acids is 1. The largest absolute Gasteiger partial charge is 0.344 e. The van der Waals surface area contributed by atoms with Crippen molar-refractivity contribution in [1.82, 2.24) is 15.3 Å². The number of amides is 1. The van der Waals surface area contributed by atoms with Crippen molar-refractivity contribution in [2.45, 2.75) is 13.0 Å². The first-order valence-electron chi connectivity index (χ1n) is 8.13. The number of rotatable bonds is 5. The third-order valence-corrected chi connectivity index (χ3v) is 3.97. The van der Waals surface area contributed by atoms with E-state index in [-0.39, 0.29) is 11.9 Å². The number of anilines is 2. The zero-order valence-corrected chi connectivity index (χ0v) is 14.3. The molecular formula is C20H20N4O. The molecule has 0 aliphatic carbocycles. The van der Waals surface area contributed by atoms with Gasteiger partial charge in [-0.15, -0.1) is 0 Å². The number of benzene rings is 2. The Hall–Kier alpha value is -3.21. The average molecular weight is 332 g/mol. The summed E-state index contributed by atoms with van der Waals surface area (Å²) in [6.07, 6.45) is 1.60. The summed E-state index contributed by atoms with van der Waals surface area (Å²) in [4.78, 5) is 23.0. The van der Waals surface area contributed by atoms with Crippen molar-refractivity contribution in [2.75, 3.05) is 11.9 Å². The minimum absolute atomic E-state index is 0.0982. The second-order valence-electron chi connectivity index (χ2n) is 5.74. The molecule has 3 aromatic rings. The van der Waals surface area contributed by atoms with Crippen LogP contribution in [0.5, 0.6) is 0 Å². The molecule has 3 rings (SSSR count). The van der Waals surface area contributed by atoms with Gasteiger partial charge in [-0.25, -0.2) is 9.97 Å². The number of para-hydroxylation sites is 1. The van der Waals surface area contributed by atoms with Crippen molar-refractivity contribution in [1.29, 1.82) is 0 Å². The highest BCUT2D eigenvalue weighted by atomic mass is 16.1. The molecule has 0 bridgehead atoms. The first-order chi connectivity index (χ1) is 12.1. The van der Waals surface area contributed by atoms with Crippen LogP contribution < -0.4 is 10.2 Å². The van der Waals surface area contributed by atoms with Gasteiger partial charge in [0.05, 0.1) is 6.04 Å². The van der Waals surface area contributed by atoms with Crippen LogP contribution in [0.2, 0.25) is 0 Å². The summed E-state index contributed by atoms with van der Waals surface area (Å²) in [7, 11) is 1.87. The van der Waals surface area contributed by atoms with Crippen LogP contribution in [0.3, 0.4) is 0 Å². The number of hydrogen-bond acceptors (Lipinski definition) is 4. The standard InChI is InChI=1S/C20H20N4O/c1-15(16-9-5-3-6-10-16)22-19(25)18-13-14-21-20(23-18)24(2)17-11-7-4-8-12-17/h3-15H,1-2H3,(H,22,25). The summed E-state index contributed by atoms with van der Waals surface area (Å²) in [5, 5.41) is 2.97. The Kier molecular flexibility index (Phi) is 5.04. The summed E-state index contributed by atoms with van der Waals surface area (Å²) < 4.78 is 0. The predicted octanol–water partition coefficient (Wildman–Crippen LogP) is 3.74. The lowest BCUT2D eigenvalue weighted by atomic mass is 10.1. The molecule has 0 saturated heterocycles. The van der Waals surface area contributed by atoms with E-state index < -0.39 is 0 Å². The van der Waals surface area contributed by atoms with E-state index in [1.165, 1.54) is 0 Å². The molecule has 126 valence electrons. The maximum Gasteiger partial charge on any atom is 0.270 e. The molecule has 1 N–H and O–H groups in total. The van der Waals surface area contributed by atoms with Crippen LogP contribution in [0.1, 0.15) is 29.0 Å². The van der Waals surface area contributed by atoms with Crippen LogP contribution in [0.15, 0.2) is 72.9 Å². The number of carbonyl (C=O) groups is 1. The monoisotopic (exact) mass is 332 g/mol.